The summed E-state index contributed by atoms with van der Waals surface area (Å²) in [5, 5.41) is 8.48. The number of hydrogen-bond acceptors (Lipinski definition) is 11. The molecule has 1 aliphatic rings. The molecule has 4 heterocycles. The zero-order chi connectivity index (χ0) is 27.1. The van der Waals surface area contributed by atoms with Gasteiger partial charge in [0.2, 0.25) is 11.8 Å². The summed E-state index contributed by atoms with van der Waals surface area (Å²) in [4.78, 5) is 29.0. The topological polar surface area (TPSA) is 138 Å². The van der Waals surface area contributed by atoms with Crippen molar-refractivity contribution in [1.82, 2.24) is 24.5 Å². The average molecular weight is 544 g/mol. The lowest BCUT2D eigenvalue weighted by atomic mass is 10.3. The van der Waals surface area contributed by atoms with Crippen LogP contribution in [0.1, 0.15) is 17.8 Å². The molecular formula is C26H33N5O8. The molecule has 0 N–H and O–H groups in total. The monoisotopic (exact) mass is 543 g/mol. The molecule has 0 radical (unpaired) electrons. The molecule has 0 aromatic carbocycles. The summed E-state index contributed by atoms with van der Waals surface area (Å²) in [6.07, 6.45) is 0.456. The number of hydrogen-bond donors (Lipinski definition) is 0. The summed E-state index contributed by atoms with van der Waals surface area (Å²) in [7, 11) is 0. The molecule has 0 aliphatic carbocycles. The van der Waals surface area contributed by atoms with E-state index in [1.165, 1.54) is 33.6 Å². The predicted octanol–water partition coefficient (Wildman–Crippen LogP) is 0.823. The van der Waals surface area contributed by atoms with E-state index in [0.717, 1.165) is 11.4 Å². The van der Waals surface area contributed by atoms with E-state index >= 15 is 0 Å². The summed E-state index contributed by atoms with van der Waals surface area (Å²) < 4.78 is 36.2. The maximum atomic E-state index is 12.2. The Labute approximate surface area is 225 Å². The van der Waals surface area contributed by atoms with Crippen LogP contribution in [0.2, 0.25) is 0 Å². The highest BCUT2D eigenvalue weighted by Gasteiger charge is 2.06. The van der Waals surface area contributed by atoms with E-state index in [1.54, 1.807) is 0 Å². The summed E-state index contributed by atoms with van der Waals surface area (Å²) in [5.41, 5.74) is 1.08. The number of fused-ring (bicyclic) bond motifs is 6. The molecule has 4 rings (SSSR count). The van der Waals surface area contributed by atoms with Gasteiger partial charge in [0, 0.05) is 37.4 Å². The first-order chi connectivity index (χ1) is 19.2. The Bertz CT molecular complexity index is 1190. The van der Waals surface area contributed by atoms with Crippen molar-refractivity contribution in [3.05, 3.63) is 74.6 Å². The van der Waals surface area contributed by atoms with Crippen LogP contribution in [0.3, 0.4) is 0 Å². The zero-order valence-electron chi connectivity index (χ0n) is 21.7. The summed E-state index contributed by atoms with van der Waals surface area (Å²) in [6.45, 7) is 4.16. The lowest BCUT2D eigenvalue weighted by Crippen LogP contribution is -2.26. The van der Waals surface area contributed by atoms with Crippen LogP contribution >= 0.6 is 0 Å². The Balaban J connectivity index is 1.34. The fraction of sp³-hybridized carbons (Fsp3) is 0.500. The van der Waals surface area contributed by atoms with Crippen LogP contribution in [0.25, 0.3) is 0 Å². The second-order valence-corrected chi connectivity index (χ2v) is 8.47. The highest BCUT2D eigenvalue weighted by Crippen LogP contribution is 2.05. The molecule has 0 saturated carbocycles. The third kappa shape index (κ3) is 9.87. The Hall–Kier alpha value is -3.65. The van der Waals surface area contributed by atoms with Crippen molar-refractivity contribution < 1.29 is 28.4 Å². The molecule has 3 aromatic rings. The predicted molar refractivity (Wildman–Crippen MR) is 138 cm³/mol. The van der Waals surface area contributed by atoms with E-state index in [4.69, 9.17) is 28.4 Å². The summed E-state index contributed by atoms with van der Waals surface area (Å²) in [6, 6.07) is 11.5. The van der Waals surface area contributed by atoms with Crippen molar-refractivity contribution in [1.29, 1.82) is 0 Å². The maximum absolute atomic E-state index is 12.2. The van der Waals surface area contributed by atoms with E-state index in [-0.39, 0.29) is 37.4 Å². The molecule has 0 amide bonds. The van der Waals surface area contributed by atoms with Gasteiger partial charge in [-0.2, -0.15) is 0 Å². The molecule has 3 aromatic heterocycles. The van der Waals surface area contributed by atoms with E-state index in [1.807, 2.05) is 18.2 Å². The van der Waals surface area contributed by atoms with E-state index < -0.39 is 0 Å². The average Bonchev–Trinajstić information content (AvgIpc) is 2.94. The molecule has 13 heteroatoms. The fourth-order valence-electron chi connectivity index (χ4n) is 3.60. The number of ether oxygens (including phenoxy) is 6. The molecular weight excluding hydrogens is 510 g/mol. The molecule has 0 fully saturated rings. The Kier molecular flexibility index (Phi) is 11.4. The van der Waals surface area contributed by atoms with Crippen LogP contribution in [0.4, 0.5) is 0 Å². The van der Waals surface area contributed by atoms with Crippen molar-refractivity contribution in [2.75, 3.05) is 52.9 Å². The Morgan fingerprint density at radius 3 is 1.54 bits per heavy atom. The normalized spacial score (nSPS) is 17.1. The summed E-state index contributed by atoms with van der Waals surface area (Å²) in [5.74, 6) is 0.621. The molecule has 0 saturated heterocycles. The molecule has 1 aliphatic heterocycles. The second-order valence-electron chi connectivity index (χ2n) is 8.47. The largest absolute Gasteiger partial charge is 0.474 e. The van der Waals surface area contributed by atoms with Gasteiger partial charge in [-0.15, -0.1) is 10.2 Å². The van der Waals surface area contributed by atoms with E-state index in [0.29, 0.717) is 71.0 Å². The highest BCUT2D eigenvalue weighted by molar-refractivity contribution is 5.10. The number of pyridine rings is 1. The first-order valence-corrected chi connectivity index (χ1v) is 12.8. The van der Waals surface area contributed by atoms with Crippen molar-refractivity contribution in [2.45, 2.75) is 32.7 Å². The minimum Gasteiger partial charge on any atom is -0.474 e. The van der Waals surface area contributed by atoms with Gasteiger partial charge in [0.1, 0.15) is 13.2 Å². The molecule has 13 nitrogen and oxygen atoms in total. The lowest BCUT2D eigenvalue weighted by Gasteiger charge is -2.11. The van der Waals surface area contributed by atoms with Crippen molar-refractivity contribution in [3.8, 4) is 11.8 Å². The van der Waals surface area contributed by atoms with Gasteiger partial charge in [-0.05, 0) is 18.6 Å². The lowest BCUT2D eigenvalue weighted by molar-refractivity contribution is 0.0264. The van der Waals surface area contributed by atoms with Crippen LogP contribution in [-0.2, 0) is 45.3 Å². The number of nitrogens with zero attached hydrogens (tertiary/aromatic N) is 5. The third-order valence-corrected chi connectivity index (χ3v) is 5.49. The van der Waals surface area contributed by atoms with Gasteiger partial charge in [0.25, 0.3) is 11.1 Å². The van der Waals surface area contributed by atoms with Gasteiger partial charge in [-0.3, -0.25) is 14.6 Å². The number of rotatable bonds is 0. The van der Waals surface area contributed by atoms with Gasteiger partial charge < -0.3 is 28.4 Å². The van der Waals surface area contributed by atoms with E-state index in [9.17, 15) is 9.59 Å². The Morgan fingerprint density at radius 2 is 1.03 bits per heavy atom. The standard InChI is InChI=1S/C26H33N5O8/c32-25-7-5-23-28-30(25)9-2-10-31-26(33)8-6-24(29-31)39-18-16-35-12-14-37-20-22-4-1-3-21(27-22)19-36-13-11-34-15-17-38-23/h1,3-8H,2,9-20H2. The van der Waals surface area contributed by atoms with Gasteiger partial charge in [-0.1, -0.05) is 6.07 Å². The quantitative estimate of drug-likeness (QED) is 0.398. The first-order valence-electron chi connectivity index (χ1n) is 12.8. The van der Waals surface area contributed by atoms with Crippen LogP contribution in [0.15, 0.2) is 52.1 Å². The van der Waals surface area contributed by atoms with Crippen LogP contribution in [-0.4, -0.2) is 77.4 Å². The molecule has 210 valence electrons. The van der Waals surface area contributed by atoms with Crippen LogP contribution in [0.5, 0.6) is 11.8 Å². The van der Waals surface area contributed by atoms with Crippen LogP contribution < -0.4 is 20.6 Å². The number of aryl methyl sites for hydroxylation is 2. The SMILES string of the molecule is O=c1ccc2nn1CCCn1nc(ccc1=O)OCCOCCOCc1cccc(n1)COCCOCCO2. The highest BCUT2D eigenvalue weighted by atomic mass is 16.6. The third-order valence-electron chi connectivity index (χ3n) is 5.49. The van der Waals surface area contributed by atoms with E-state index in [2.05, 4.69) is 15.2 Å². The van der Waals surface area contributed by atoms with Gasteiger partial charge in [0.15, 0.2) is 0 Å². The van der Waals surface area contributed by atoms with Gasteiger partial charge >= 0.3 is 0 Å². The molecule has 0 unspecified atom stereocenters. The second kappa shape index (κ2) is 15.7. The molecule has 39 heavy (non-hydrogen) atoms. The first kappa shape index (κ1) is 28.4. The smallest absolute Gasteiger partial charge is 0.266 e. The molecule has 0 atom stereocenters. The van der Waals surface area contributed by atoms with Crippen molar-refractivity contribution in [3.63, 3.8) is 0 Å². The van der Waals surface area contributed by atoms with Gasteiger partial charge in [0.05, 0.1) is 64.2 Å². The van der Waals surface area contributed by atoms with Crippen molar-refractivity contribution in [2.24, 2.45) is 0 Å². The molecule has 6 bridgehead atoms. The minimum absolute atomic E-state index is 0.266. The van der Waals surface area contributed by atoms with Crippen molar-refractivity contribution >= 4 is 0 Å². The van der Waals surface area contributed by atoms with Gasteiger partial charge in [-0.25, -0.2) is 9.36 Å². The maximum Gasteiger partial charge on any atom is 0.266 e. The molecule has 0 spiro atoms. The minimum atomic E-state index is -0.266. The van der Waals surface area contributed by atoms with Crippen LogP contribution in [0, 0.1) is 0 Å². The number of aromatic nitrogens is 5. The fourth-order valence-corrected chi connectivity index (χ4v) is 3.60. The Morgan fingerprint density at radius 1 is 0.564 bits per heavy atom. The summed E-state index contributed by atoms with van der Waals surface area (Å²) >= 11 is 0. The zero-order valence-corrected chi connectivity index (χ0v) is 21.7.